The molecule has 1 amide bonds. The fourth-order valence-corrected chi connectivity index (χ4v) is 2.96. The molecule has 5 nitrogen and oxygen atoms in total. The summed E-state index contributed by atoms with van der Waals surface area (Å²) >= 11 is 0. The fraction of sp³-hybridized carbons (Fsp3) is 0.190. The maximum Gasteiger partial charge on any atom is 0.285 e. The summed E-state index contributed by atoms with van der Waals surface area (Å²) in [5.74, 6) is 5.23. The standard InChI is InChI=1S/C21H20N2O3Si/c1-6-16-9-7-8-10-18(16)19-14-21(23(25)26)17(11-12-27(3,4)5)13-20(19)22-15(2)24/h1,7-10,13-14H,2-5H3,(H,22,24). The molecule has 0 saturated heterocycles. The van der Waals surface area contributed by atoms with Crippen LogP contribution in [0.3, 0.4) is 0 Å². The predicted octanol–water partition coefficient (Wildman–Crippen LogP) is 4.43. The smallest absolute Gasteiger partial charge is 0.285 e. The lowest BCUT2D eigenvalue weighted by atomic mass is 9.96. The molecule has 1 N–H and O–H groups in total. The van der Waals surface area contributed by atoms with E-state index in [1.165, 1.54) is 13.0 Å². The van der Waals surface area contributed by atoms with Crippen LogP contribution in [0.25, 0.3) is 11.1 Å². The van der Waals surface area contributed by atoms with Gasteiger partial charge in [-0.3, -0.25) is 14.9 Å². The van der Waals surface area contributed by atoms with Crippen molar-refractivity contribution >= 4 is 25.4 Å². The number of nitrogens with one attached hydrogen (secondary N) is 1. The van der Waals surface area contributed by atoms with Crippen LogP contribution in [0, 0.1) is 33.9 Å². The average Bonchev–Trinajstić information content (AvgIpc) is 2.58. The van der Waals surface area contributed by atoms with Crippen LogP contribution in [0.4, 0.5) is 11.4 Å². The minimum absolute atomic E-state index is 0.114. The number of hydrogen-bond donors (Lipinski definition) is 1. The molecule has 0 radical (unpaired) electrons. The van der Waals surface area contributed by atoms with E-state index in [0.717, 1.165) is 0 Å². The first kappa shape index (κ1) is 20.0. The Bertz CT molecular complexity index is 1020. The Morgan fingerprint density at radius 3 is 2.37 bits per heavy atom. The molecular weight excluding hydrogens is 356 g/mol. The number of carbonyl (C=O) groups is 1. The van der Waals surface area contributed by atoms with E-state index in [2.05, 4.69) is 42.3 Å². The molecule has 0 saturated carbocycles. The Labute approximate surface area is 160 Å². The van der Waals surface area contributed by atoms with Crippen LogP contribution in [-0.4, -0.2) is 18.9 Å². The monoisotopic (exact) mass is 376 g/mol. The second-order valence-electron chi connectivity index (χ2n) is 7.04. The van der Waals surface area contributed by atoms with E-state index < -0.39 is 13.0 Å². The number of amides is 1. The molecule has 0 aliphatic heterocycles. The van der Waals surface area contributed by atoms with E-state index in [-0.39, 0.29) is 17.2 Å². The number of nitro groups is 1. The number of carbonyl (C=O) groups excluding carboxylic acids is 1. The number of terminal acetylenes is 1. The molecule has 0 bridgehead atoms. The third-order valence-corrected chi connectivity index (χ3v) is 4.46. The Morgan fingerprint density at radius 2 is 1.81 bits per heavy atom. The van der Waals surface area contributed by atoms with Gasteiger partial charge in [0, 0.05) is 24.1 Å². The highest BCUT2D eigenvalue weighted by molar-refractivity contribution is 6.83. The predicted molar refractivity (Wildman–Crippen MR) is 111 cm³/mol. The highest BCUT2D eigenvalue weighted by Gasteiger charge is 2.20. The van der Waals surface area contributed by atoms with E-state index in [4.69, 9.17) is 6.42 Å². The molecule has 2 aromatic carbocycles. The van der Waals surface area contributed by atoms with Gasteiger partial charge in [-0.2, -0.15) is 0 Å². The second kappa shape index (κ2) is 7.90. The summed E-state index contributed by atoms with van der Waals surface area (Å²) in [6, 6.07) is 10.1. The zero-order valence-corrected chi connectivity index (χ0v) is 16.7. The zero-order valence-electron chi connectivity index (χ0n) is 15.7. The summed E-state index contributed by atoms with van der Waals surface area (Å²) in [5, 5.41) is 14.4. The topological polar surface area (TPSA) is 72.2 Å². The number of rotatable bonds is 3. The summed E-state index contributed by atoms with van der Waals surface area (Å²) < 4.78 is 0. The van der Waals surface area contributed by atoms with Crippen LogP contribution in [0.1, 0.15) is 18.1 Å². The Morgan fingerprint density at radius 1 is 1.15 bits per heavy atom. The van der Waals surface area contributed by atoms with Gasteiger partial charge in [-0.25, -0.2) is 0 Å². The second-order valence-corrected chi connectivity index (χ2v) is 11.8. The molecule has 2 aromatic rings. The molecule has 0 aliphatic carbocycles. The number of nitro benzene ring substituents is 1. The van der Waals surface area contributed by atoms with Gasteiger partial charge >= 0.3 is 0 Å². The minimum Gasteiger partial charge on any atom is -0.326 e. The van der Waals surface area contributed by atoms with Crippen molar-refractivity contribution < 1.29 is 9.72 Å². The SMILES string of the molecule is C#Cc1ccccc1-c1cc([N+](=O)[O-])c(C#C[Si](C)(C)C)cc1NC(C)=O. The van der Waals surface area contributed by atoms with E-state index in [9.17, 15) is 14.9 Å². The molecule has 0 aliphatic rings. The molecule has 6 heteroatoms. The Kier molecular flexibility index (Phi) is 5.84. The molecule has 2 rings (SSSR count). The van der Waals surface area contributed by atoms with Crippen molar-refractivity contribution in [1.82, 2.24) is 0 Å². The van der Waals surface area contributed by atoms with Gasteiger partial charge in [-0.1, -0.05) is 49.7 Å². The molecule has 0 spiro atoms. The highest BCUT2D eigenvalue weighted by atomic mass is 28.3. The third-order valence-electron chi connectivity index (χ3n) is 3.59. The number of nitrogens with zero attached hydrogens (tertiary/aromatic N) is 1. The van der Waals surface area contributed by atoms with Gasteiger partial charge in [0.15, 0.2) is 0 Å². The van der Waals surface area contributed by atoms with Crippen LogP contribution in [0.15, 0.2) is 36.4 Å². The zero-order chi connectivity index (χ0) is 20.2. The maximum atomic E-state index is 11.7. The molecule has 0 atom stereocenters. The summed E-state index contributed by atoms with van der Waals surface area (Å²) in [6.45, 7) is 7.54. The van der Waals surface area contributed by atoms with Crippen molar-refractivity contribution in [3.63, 3.8) is 0 Å². The van der Waals surface area contributed by atoms with Gasteiger partial charge in [0.25, 0.3) is 5.69 Å². The van der Waals surface area contributed by atoms with Crippen LogP contribution in [0.5, 0.6) is 0 Å². The third kappa shape index (κ3) is 5.07. The van der Waals surface area contributed by atoms with Crippen molar-refractivity contribution in [2.75, 3.05) is 5.32 Å². The fourth-order valence-electron chi connectivity index (χ4n) is 2.45. The van der Waals surface area contributed by atoms with Crippen molar-refractivity contribution in [1.29, 1.82) is 0 Å². The average molecular weight is 376 g/mol. The molecule has 27 heavy (non-hydrogen) atoms. The number of anilines is 1. The lowest BCUT2D eigenvalue weighted by Gasteiger charge is -2.13. The van der Waals surface area contributed by atoms with Crippen molar-refractivity contribution in [2.24, 2.45) is 0 Å². The summed E-state index contributed by atoms with van der Waals surface area (Å²) in [7, 11) is -1.74. The van der Waals surface area contributed by atoms with Gasteiger partial charge in [0.1, 0.15) is 13.6 Å². The molecule has 0 unspecified atom stereocenters. The molecular formula is C21H20N2O3Si. The quantitative estimate of drug-likeness (QED) is 0.373. The van der Waals surface area contributed by atoms with Gasteiger partial charge in [-0.15, -0.1) is 12.0 Å². The van der Waals surface area contributed by atoms with Crippen LogP contribution in [-0.2, 0) is 4.79 Å². The van der Waals surface area contributed by atoms with Crippen LogP contribution < -0.4 is 5.32 Å². The van der Waals surface area contributed by atoms with Gasteiger partial charge in [0.2, 0.25) is 5.91 Å². The summed E-state index contributed by atoms with van der Waals surface area (Å²) in [5.41, 5.74) is 5.44. The van der Waals surface area contributed by atoms with Gasteiger partial charge in [0.05, 0.1) is 10.6 Å². The van der Waals surface area contributed by atoms with Gasteiger partial charge < -0.3 is 5.32 Å². The molecule has 136 valence electrons. The van der Waals surface area contributed by atoms with E-state index >= 15 is 0 Å². The Hall–Kier alpha value is -3.35. The minimum atomic E-state index is -1.74. The van der Waals surface area contributed by atoms with Crippen molar-refractivity contribution in [3.8, 4) is 34.9 Å². The van der Waals surface area contributed by atoms with Crippen molar-refractivity contribution in [2.45, 2.75) is 26.6 Å². The van der Waals surface area contributed by atoms with Crippen LogP contribution >= 0.6 is 0 Å². The first-order valence-corrected chi connectivity index (χ1v) is 11.8. The lowest BCUT2D eigenvalue weighted by Crippen LogP contribution is -2.16. The molecule has 0 heterocycles. The van der Waals surface area contributed by atoms with E-state index in [1.54, 1.807) is 30.3 Å². The first-order chi connectivity index (χ1) is 12.6. The van der Waals surface area contributed by atoms with Crippen molar-refractivity contribution in [3.05, 3.63) is 57.6 Å². The maximum absolute atomic E-state index is 11.7. The molecule has 0 aromatic heterocycles. The van der Waals surface area contributed by atoms with E-state index in [0.29, 0.717) is 22.4 Å². The summed E-state index contributed by atoms with van der Waals surface area (Å²) in [6.07, 6.45) is 5.57. The van der Waals surface area contributed by atoms with Crippen LogP contribution in [0.2, 0.25) is 19.6 Å². The highest BCUT2D eigenvalue weighted by Crippen LogP contribution is 2.36. The summed E-state index contributed by atoms with van der Waals surface area (Å²) in [4.78, 5) is 22.9. The lowest BCUT2D eigenvalue weighted by molar-refractivity contribution is -0.385. The Balaban J connectivity index is 2.82. The number of hydrogen-bond acceptors (Lipinski definition) is 3. The first-order valence-electron chi connectivity index (χ1n) is 8.31. The van der Waals surface area contributed by atoms with E-state index in [1.807, 2.05) is 0 Å². The number of benzene rings is 2. The normalized spacial score (nSPS) is 10.3. The largest absolute Gasteiger partial charge is 0.326 e. The molecule has 0 fully saturated rings. The van der Waals surface area contributed by atoms with Gasteiger partial charge in [-0.05, 0) is 17.7 Å².